The molecule has 23 heavy (non-hydrogen) atoms. The second-order valence-corrected chi connectivity index (χ2v) is 6.31. The van der Waals surface area contributed by atoms with Crippen LogP contribution in [0.1, 0.15) is 11.1 Å². The zero-order valence-corrected chi connectivity index (χ0v) is 14.7. The molecule has 0 amide bonds. The highest BCUT2D eigenvalue weighted by molar-refractivity contribution is 7.08. The van der Waals surface area contributed by atoms with E-state index >= 15 is 0 Å². The molecule has 0 atom stereocenters. The van der Waals surface area contributed by atoms with E-state index in [-0.39, 0.29) is 0 Å². The van der Waals surface area contributed by atoms with E-state index in [0.29, 0.717) is 0 Å². The van der Waals surface area contributed by atoms with Gasteiger partial charge < -0.3 is 9.47 Å². The Morgan fingerprint density at radius 1 is 0.696 bits per heavy atom. The summed E-state index contributed by atoms with van der Waals surface area (Å²) in [6.45, 7) is 4.15. The van der Waals surface area contributed by atoms with E-state index in [0.717, 1.165) is 22.6 Å². The van der Waals surface area contributed by atoms with Crippen molar-refractivity contribution in [3.05, 3.63) is 58.3 Å². The molecule has 0 unspecified atom stereocenters. The van der Waals surface area contributed by atoms with Gasteiger partial charge >= 0.3 is 0 Å². The number of methoxy groups -OCH3 is 2. The van der Waals surface area contributed by atoms with Crippen LogP contribution in [0.2, 0.25) is 0 Å². The Balaban J connectivity index is 2.06. The third-order valence-corrected chi connectivity index (χ3v) is 4.82. The molecule has 0 saturated heterocycles. The van der Waals surface area contributed by atoms with Crippen molar-refractivity contribution in [1.82, 2.24) is 0 Å². The number of hydrogen-bond donors (Lipinski definition) is 0. The van der Waals surface area contributed by atoms with E-state index in [1.165, 1.54) is 22.3 Å². The first kappa shape index (κ1) is 15.6. The Morgan fingerprint density at radius 2 is 1.13 bits per heavy atom. The maximum absolute atomic E-state index is 5.36. The molecule has 0 radical (unpaired) electrons. The fraction of sp³-hybridized carbons (Fsp3) is 0.200. The van der Waals surface area contributed by atoms with Crippen LogP contribution in [0.3, 0.4) is 0 Å². The number of aryl methyl sites for hydroxylation is 2. The highest BCUT2D eigenvalue weighted by Crippen LogP contribution is 2.38. The molecule has 0 spiro atoms. The summed E-state index contributed by atoms with van der Waals surface area (Å²) in [5.74, 6) is 1.84. The molecule has 0 bridgehead atoms. The molecule has 2 aromatic carbocycles. The molecular weight excluding hydrogens is 304 g/mol. The summed E-state index contributed by atoms with van der Waals surface area (Å²) in [5.41, 5.74) is 7.23. The van der Waals surface area contributed by atoms with Crippen molar-refractivity contribution in [3.8, 4) is 33.8 Å². The molecule has 1 aromatic heterocycles. The van der Waals surface area contributed by atoms with E-state index in [9.17, 15) is 0 Å². The Hall–Kier alpha value is -2.26. The fourth-order valence-electron chi connectivity index (χ4n) is 2.84. The summed E-state index contributed by atoms with van der Waals surface area (Å²) in [5, 5.41) is 4.41. The summed E-state index contributed by atoms with van der Waals surface area (Å²) in [7, 11) is 3.41. The molecule has 2 nitrogen and oxygen atoms in total. The van der Waals surface area contributed by atoms with E-state index in [1.54, 1.807) is 25.6 Å². The zero-order chi connectivity index (χ0) is 16.4. The van der Waals surface area contributed by atoms with E-state index in [4.69, 9.17) is 9.47 Å². The minimum atomic E-state index is 0.922. The van der Waals surface area contributed by atoms with Crippen LogP contribution in [0.15, 0.2) is 47.2 Å². The molecule has 0 aliphatic heterocycles. The number of rotatable bonds is 4. The molecular formula is C20H20O2S. The van der Waals surface area contributed by atoms with Crippen LogP contribution in [0.4, 0.5) is 0 Å². The second-order valence-electron chi connectivity index (χ2n) is 5.57. The molecule has 0 aliphatic rings. The van der Waals surface area contributed by atoms with Crippen LogP contribution >= 0.6 is 11.3 Å². The second kappa shape index (κ2) is 6.47. The SMILES string of the molecule is COc1ccc(-c2cscc2-c2ccc(OC)c(C)c2)cc1C. The summed E-state index contributed by atoms with van der Waals surface area (Å²) in [4.78, 5) is 0. The quantitative estimate of drug-likeness (QED) is 0.611. The topological polar surface area (TPSA) is 18.5 Å². The van der Waals surface area contributed by atoms with Crippen LogP contribution in [0, 0.1) is 13.8 Å². The smallest absolute Gasteiger partial charge is 0.121 e. The lowest BCUT2D eigenvalue weighted by molar-refractivity contribution is 0.411. The van der Waals surface area contributed by atoms with Crippen molar-refractivity contribution in [2.75, 3.05) is 14.2 Å². The van der Waals surface area contributed by atoms with Crippen LogP contribution < -0.4 is 9.47 Å². The molecule has 0 saturated carbocycles. The Kier molecular flexibility index (Phi) is 4.39. The Labute approximate surface area is 141 Å². The van der Waals surface area contributed by atoms with Gasteiger partial charge in [-0.3, -0.25) is 0 Å². The number of thiophene rings is 1. The van der Waals surface area contributed by atoms with Crippen LogP contribution in [0.5, 0.6) is 11.5 Å². The van der Waals surface area contributed by atoms with Gasteiger partial charge in [0.1, 0.15) is 11.5 Å². The van der Waals surface area contributed by atoms with Crippen molar-refractivity contribution >= 4 is 11.3 Å². The lowest BCUT2D eigenvalue weighted by Crippen LogP contribution is -1.89. The van der Waals surface area contributed by atoms with Gasteiger partial charge in [-0.2, -0.15) is 11.3 Å². The van der Waals surface area contributed by atoms with Gasteiger partial charge in [-0.25, -0.2) is 0 Å². The summed E-state index contributed by atoms with van der Waals surface area (Å²) in [6.07, 6.45) is 0. The number of hydrogen-bond acceptors (Lipinski definition) is 3. The molecule has 118 valence electrons. The molecule has 0 aliphatic carbocycles. The minimum Gasteiger partial charge on any atom is -0.496 e. The van der Waals surface area contributed by atoms with E-state index in [2.05, 4.69) is 48.9 Å². The van der Waals surface area contributed by atoms with Crippen molar-refractivity contribution in [3.63, 3.8) is 0 Å². The van der Waals surface area contributed by atoms with Gasteiger partial charge in [0.05, 0.1) is 14.2 Å². The van der Waals surface area contributed by atoms with Crippen LogP contribution in [-0.4, -0.2) is 14.2 Å². The van der Waals surface area contributed by atoms with Gasteiger partial charge in [0, 0.05) is 11.1 Å². The van der Waals surface area contributed by atoms with Crippen molar-refractivity contribution in [2.45, 2.75) is 13.8 Å². The van der Waals surface area contributed by atoms with Gasteiger partial charge in [-0.1, -0.05) is 12.1 Å². The van der Waals surface area contributed by atoms with Gasteiger partial charge in [0.15, 0.2) is 0 Å². The number of benzene rings is 2. The van der Waals surface area contributed by atoms with Crippen LogP contribution in [-0.2, 0) is 0 Å². The van der Waals surface area contributed by atoms with Gasteiger partial charge in [0.25, 0.3) is 0 Å². The maximum Gasteiger partial charge on any atom is 0.121 e. The predicted octanol–water partition coefficient (Wildman–Crippen LogP) is 5.72. The summed E-state index contributed by atoms with van der Waals surface area (Å²) < 4.78 is 10.7. The number of ether oxygens (including phenoxy) is 2. The highest BCUT2D eigenvalue weighted by Gasteiger charge is 2.11. The van der Waals surface area contributed by atoms with Gasteiger partial charge in [-0.15, -0.1) is 0 Å². The van der Waals surface area contributed by atoms with Crippen molar-refractivity contribution in [2.24, 2.45) is 0 Å². The Bertz CT molecular complexity index is 765. The van der Waals surface area contributed by atoms with Crippen molar-refractivity contribution < 1.29 is 9.47 Å². The Morgan fingerprint density at radius 3 is 1.48 bits per heavy atom. The molecule has 0 fully saturated rings. The first-order chi connectivity index (χ1) is 11.1. The van der Waals surface area contributed by atoms with Crippen molar-refractivity contribution in [1.29, 1.82) is 0 Å². The standard InChI is InChI=1S/C20H20O2S/c1-13-9-15(5-7-19(13)21-3)17-11-23-12-18(17)16-6-8-20(22-4)14(2)10-16/h5-12H,1-4H3. The zero-order valence-electron chi connectivity index (χ0n) is 13.8. The fourth-order valence-corrected chi connectivity index (χ4v) is 3.70. The van der Waals surface area contributed by atoms with E-state index < -0.39 is 0 Å². The largest absolute Gasteiger partial charge is 0.496 e. The first-order valence-electron chi connectivity index (χ1n) is 7.50. The molecule has 1 heterocycles. The lowest BCUT2D eigenvalue weighted by atomic mass is 9.96. The first-order valence-corrected chi connectivity index (χ1v) is 8.44. The summed E-state index contributed by atoms with van der Waals surface area (Å²) in [6, 6.07) is 12.7. The summed E-state index contributed by atoms with van der Waals surface area (Å²) >= 11 is 1.73. The minimum absolute atomic E-state index is 0.922. The molecule has 3 aromatic rings. The lowest BCUT2D eigenvalue weighted by Gasteiger charge is -2.10. The molecule has 3 heteroatoms. The van der Waals surface area contributed by atoms with E-state index in [1.807, 2.05) is 12.1 Å². The predicted molar refractivity (Wildman–Crippen MR) is 97.8 cm³/mol. The third kappa shape index (κ3) is 2.97. The average molecular weight is 324 g/mol. The average Bonchev–Trinajstić information content (AvgIpc) is 3.04. The van der Waals surface area contributed by atoms with Gasteiger partial charge in [-0.05, 0) is 71.1 Å². The van der Waals surface area contributed by atoms with Crippen LogP contribution in [0.25, 0.3) is 22.3 Å². The molecule has 3 rings (SSSR count). The highest BCUT2D eigenvalue weighted by atomic mass is 32.1. The maximum atomic E-state index is 5.36. The molecule has 0 N–H and O–H groups in total. The normalized spacial score (nSPS) is 10.6. The third-order valence-electron chi connectivity index (χ3n) is 4.07. The van der Waals surface area contributed by atoms with Gasteiger partial charge in [0.2, 0.25) is 0 Å². The monoisotopic (exact) mass is 324 g/mol.